The monoisotopic (exact) mass is 502 g/mol. The number of nitrogens with one attached hydrogen (secondary N) is 2. The van der Waals surface area contributed by atoms with E-state index < -0.39 is 0 Å². The summed E-state index contributed by atoms with van der Waals surface area (Å²) in [6.07, 6.45) is 0. The topological polar surface area (TPSA) is 47.6 Å². The van der Waals surface area contributed by atoms with E-state index >= 15 is 0 Å². The number of benzene rings is 3. The highest BCUT2D eigenvalue weighted by Crippen LogP contribution is 2.26. The zero-order chi connectivity index (χ0) is 25.2. The number of hydrogen-bond acceptors (Lipinski definition) is 3. The van der Waals surface area contributed by atoms with Crippen LogP contribution in [0.1, 0.15) is 22.6 Å². The van der Waals surface area contributed by atoms with Crippen molar-refractivity contribution in [1.82, 2.24) is 20.4 Å². The molecule has 3 aromatic carbocycles. The molecular formula is C30H35ClN4O. The van der Waals surface area contributed by atoms with Crippen molar-refractivity contribution in [3.8, 4) is 0 Å². The van der Waals surface area contributed by atoms with Crippen LogP contribution in [0.2, 0.25) is 5.02 Å². The number of piperazine rings is 1. The molecule has 1 aliphatic rings. The van der Waals surface area contributed by atoms with Crippen LogP contribution >= 0.6 is 11.6 Å². The first-order valence-corrected chi connectivity index (χ1v) is 12.9. The van der Waals surface area contributed by atoms with Gasteiger partial charge in [0, 0.05) is 63.3 Å². The van der Waals surface area contributed by atoms with Gasteiger partial charge < -0.3 is 15.5 Å². The van der Waals surface area contributed by atoms with Gasteiger partial charge in [-0.2, -0.15) is 0 Å². The normalized spacial score (nSPS) is 13.9. The van der Waals surface area contributed by atoms with Crippen LogP contribution < -0.4 is 10.6 Å². The lowest BCUT2D eigenvalue weighted by atomic mass is 9.90. The van der Waals surface area contributed by atoms with E-state index in [1.54, 1.807) is 0 Å². The van der Waals surface area contributed by atoms with Crippen molar-refractivity contribution in [3.63, 3.8) is 0 Å². The highest BCUT2D eigenvalue weighted by atomic mass is 35.5. The van der Waals surface area contributed by atoms with Gasteiger partial charge in [-0.25, -0.2) is 4.79 Å². The van der Waals surface area contributed by atoms with Crippen molar-refractivity contribution in [2.75, 3.05) is 45.8 Å². The van der Waals surface area contributed by atoms with Gasteiger partial charge in [0.2, 0.25) is 0 Å². The molecule has 0 bridgehead atoms. The highest BCUT2D eigenvalue weighted by molar-refractivity contribution is 6.31. The van der Waals surface area contributed by atoms with Gasteiger partial charge in [-0.15, -0.1) is 0 Å². The van der Waals surface area contributed by atoms with Crippen LogP contribution in [-0.2, 0) is 6.54 Å². The fourth-order valence-corrected chi connectivity index (χ4v) is 4.85. The molecule has 1 aliphatic heterocycles. The number of urea groups is 1. The minimum atomic E-state index is -0.117. The van der Waals surface area contributed by atoms with Gasteiger partial charge in [0.15, 0.2) is 0 Å². The Morgan fingerprint density at radius 2 is 1.53 bits per heavy atom. The summed E-state index contributed by atoms with van der Waals surface area (Å²) in [5.74, 6) is 0.0467. The Morgan fingerprint density at radius 3 is 2.14 bits per heavy atom. The first-order valence-electron chi connectivity index (χ1n) is 12.6. The zero-order valence-electron chi connectivity index (χ0n) is 20.7. The van der Waals surface area contributed by atoms with Gasteiger partial charge in [-0.05, 0) is 28.3 Å². The first-order chi connectivity index (χ1) is 17.6. The van der Waals surface area contributed by atoms with E-state index in [0.717, 1.165) is 43.9 Å². The van der Waals surface area contributed by atoms with Crippen molar-refractivity contribution in [2.24, 2.45) is 0 Å². The fraction of sp³-hybridized carbons (Fsp3) is 0.300. The Balaban J connectivity index is 1.53. The van der Waals surface area contributed by atoms with E-state index in [2.05, 4.69) is 70.6 Å². The molecule has 0 aliphatic carbocycles. The third kappa shape index (κ3) is 7.44. The molecule has 1 saturated heterocycles. The second kappa shape index (κ2) is 13.3. The molecule has 0 aromatic heterocycles. The van der Waals surface area contributed by atoms with Crippen molar-refractivity contribution in [1.29, 1.82) is 0 Å². The third-order valence-corrected chi connectivity index (χ3v) is 6.92. The first kappa shape index (κ1) is 26.0. The molecule has 1 heterocycles. The standard InChI is InChI=1S/C30H35ClN4O/c1-24(21-34-18-16-32-17-19-34)22-35(30(36)33-20-27-14-8-9-15-29(27)31)23-28(25-10-4-2-5-11-25)26-12-6-3-7-13-26/h2-15,28,32H,1,16-23H2,(H,33,36). The molecule has 0 saturated carbocycles. The quantitative estimate of drug-likeness (QED) is 0.377. The molecule has 0 spiro atoms. The number of nitrogens with zero attached hydrogens (tertiary/aromatic N) is 2. The molecule has 0 radical (unpaired) electrons. The molecule has 2 N–H and O–H groups in total. The van der Waals surface area contributed by atoms with Gasteiger partial charge in [-0.3, -0.25) is 4.90 Å². The summed E-state index contributed by atoms with van der Waals surface area (Å²) in [7, 11) is 0. The van der Waals surface area contributed by atoms with Crippen LogP contribution in [0.15, 0.2) is 97.1 Å². The van der Waals surface area contributed by atoms with Crippen LogP contribution in [-0.4, -0.2) is 61.6 Å². The fourth-order valence-electron chi connectivity index (χ4n) is 4.64. The van der Waals surface area contributed by atoms with Crippen LogP contribution in [0.5, 0.6) is 0 Å². The maximum atomic E-state index is 13.6. The Hall–Kier alpha value is -3.12. The summed E-state index contributed by atoms with van der Waals surface area (Å²) in [5, 5.41) is 7.14. The molecule has 0 atom stereocenters. The molecule has 6 heteroatoms. The second-order valence-corrected chi connectivity index (χ2v) is 9.69. The third-order valence-electron chi connectivity index (χ3n) is 6.55. The van der Waals surface area contributed by atoms with Crippen molar-refractivity contribution in [3.05, 3.63) is 119 Å². The van der Waals surface area contributed by atoms with Gasteiger partial charge in [0.05, 0.1) is 0 Å². The van der Waals surface area contributed by atoms with Crippen molar-refractivity contribution < 1.29 is 4.79 Å². The number of carbonyl (C=O) groups is 1. The van der Waals surface area contributed by atoms with Gasteiger partial charge >= 0.3 is 6.03 Å². The van der Waals surface area contributed by atoms with E-state index in [0.29, 0.717) is 24.7 Å². The number of halogens is 1. The molecular weight excluding hydrogens is 468 g/mol. The number of hydrogen-bond donors (Lipinski definition) is 2. The average molecular weight is 503 g/mol. The predicted octanol–water partition coefficient (Wildman–Crippen LogP) is 5.15. The largest absolute Gasteiger partial charge is 0.334 e. The van der Waals surface area contributed by atoms with Crippen molar-refractivity contribution >= 4 is 17.6 Å². The smallest absolute Gasteiger partial charge is 0.317 e. The van der Waals surface area contributed by atoms with Crippen LogP contribution in [0.4, 0.5) is 4.79 Å². The summed E-state index contributed by atoms with van der Waals surface area (Å²) >= 11 is 6.33. The van der Waals surface area contributed by atoms with Crippen LogP contribution in [0.3, 0.4) is 0 Å². The molecule has 36 heavy (non-hydrogen) atoms. The molecule has 3 aromatic rings. The number of amides is 2. The molecule has 188 valence electrons. The lowest BCUT2D eigenvalue weighted by Gasteiger charge is -2.32. The summed E-state index contributed by atoms with van der Waals surface area (Å²) in [6, 6.07) is 28.3. The molecule has 2 amide bonds. The van der Waals surface area contributed by atoms with E-state index in [-0.39, 0.29) is 11.9 Å². The number of rotatable bonds is 10. The Bertz CT molecular complexity index is 1080. The lowest BCUT2D eigenvalue weighted by Crippen LogP contribution is -2.46. The van der Waals surface area contributed by atoms with E-state index in [1.165, 1.54) is 11.1 Å². The molecule has 0 unspecified atom stereocenters. The van der Waals surface area contributed by atoms with E-state index in [1.807, 2.05) is 41.3 Å². The lowest BCUT2D eigenvalue weighted by molar-refractivity contribution is 0.196. The minimum absolute atomic E-state index is 0.0467. The second-order valence-electron chi connectivity index (χ2n) is 9.28. The highest BCUT2D eigenvalue weighted by Gasteiger charge is 2.23. The molecule has 5 nitrogen and oxygen atoms in total. The summed E-state index contributed by atoms with van der Waals surface area (Å²) in [6.45, 7) is 10.5. The van der Waals surface area contributed by atoms with Crippen LogP contribution in [0.25, 0.3) is 0 Å². The molecule has 4 rings (SSSR count). The maximum Gasteiger partial charge on any atom is 0.317 e. The number of carbonyl (C=O) groups excluding carboxylic acids is 1. The zero-order valence-corrected chi connectivity index (χ0v) is 21.5. The van der Waals surface area contributed by atoms with E-state index in [4.69, 9.17) is 11.6 Å². The summed E-state index contributed by atoms with van der Waals surface area (Å²) in [4.78, 5) is 17.8. The van der Waals surface area contributed by atoms with Gasteiger partial charge in [0.1, 0.15) is 0 Å². The van der Waals surface area contributed by atoms with Gasteiger partial charge in [0.25, 0.3) is 0 Å². The SMILES string of the molecule is C=C(CN1CCNCC1)CN(CC(c1ccccc1)c1ccccc1)C(=O)NCc1ccccc1Cl. The average Bonchev–Trinajstić information content (AvgIpc) is 2.92. The Labute approximate surface area is 219 Å². The minimum Gasteiger partial charge on any atom is -0.334 e. The Kier molecular flexibility index (Phi) is 9.56. The molecule has 1 fully saturated rings. The summed E-state index contributed by atoms with van der Waals surface area (Å²) in [5.41, 5.74) is 4.29. The van der Waals surface area contributed by atoms with E-state index in [9.17, 15) is 4.79 Å². The van der Waals surface area contributed by atoms with Crippen molar-refractivity contribution in [2.45, 2.75) is 12.5 Å². The summed E-state index contributed by atoms with van der Waals surface area (Å²) < 4.78 is 0. The maximum absolute atomic E-state index is 13.6. The van der Waals surface area contributed by atoms with Crippen LogP contribution in [0, 0.1) is 0 Å². The predicted molar refractivity (Wildman–Crippen MR) is 148 cm³/mol. The Morgan fingerprint density at radius 1 is 0.944 bits per heavy atom. The van der Waals surface area contributed by atoms with Gasteiger partial charge in [-0.1, -0.05) is 97.0 Å².